The minimum absolute atomic E-state index is 0.0622. The number of hydrogen-bond acceptors (Lipinski definition) is 2. The molecule has 0 radical (unpaired) electrons. The summed E-state index contributed by atoms with van der Waals surface area (Å²) in [5.41, 5.74) is 4.89. The van der Waals surface area contributed by atoms with Crippen molar-refractivity contribution in [1.29, 1.82) is 0 Å². The number of hydrogen-bond donors (Lipinski definition) is 2. The van der Waals surface area contributed by atoms with E-state index in [4.69, 9.17) is 0 Å². The third-order valence-corrected chi connectivity index (χ3v) is 4.21. The Morgan fingerprint density at radius 3 is 2.56 bits per heavy atom. The topological polar surface area (TPSA) is 57.8 Å². The van der Waals surface area contributed by atoms with Crippen LogP contribution in [0.5, 0.6) is 0 Å². The second kappa shape index (κ2) is 6.61. The number of carbonyl (C=O) groups excluding carboxylic acids is 1. The zero-order valence-electron chi connectivity index (χ0n) is 13.6. The van der Waals surface area contributed by atoms with E-state index in [2.05, 4.69) is 27.4 Å². The predicted octanol–water partition coefficient (Wildman–Crippen LogP) is 4.16. The Morgan fingerprint density at radius 2 is 1.76 bits per heavy atom. The van der Waals surface area contributed by atoms with Crippen molar-refractivity contribution < 1.29 is 4.79 Å². The van der Waals surface area contributed by atoms with E-state index in [9.17, 15) is 4.79 Å². The van der Waals surface area contributed by atoms with Gasteiger partial charge in [0.1, 0.15) is 5.65 Å². The maximum Gasteiger partial charge on any atom is 0.251 e. The highest BCUT2D eigenvalue weighted by Gasteiger charge is 2.07. The fraction of sp³-hybridized carbons (Fsp3) is 0.0476. The van der Waals surface area contributed by atoms with Crippen LogP contribution < -0.4 is 5.32 Å². The molecular weight excluding hydrogens is 310 g/mol. The van der Waals surface area contributed by atoms with Crippen molar-refractivity contribution in [1.82, 2.24) is 15.3 Å². The molecule has 25 heavy (non-hydrogen) atoms. The molecule has 4 aromatic rings. The number of pyridine rings is 1. The van der Waals surface area contributed by atoms with Gasteiger partial charge in [0.25, 0.3) is 5.91 Å². The van der Waals surface area contributed by atoms with Gasteiger partial charge in [-0.25, -0.2) is 4.98 Å². The summed E-state index contributed by atoms with van der Waals surface area (Å²) < 4.78 is 0. The molecule has 0 saturated heterocycles. The van der Waals surface area contributed by atoms with E-state index in [1.165, 1.54) is 0 Å². The van der Waals surface area contributed by atoms with Crippen LogP contribution in [0.15, 0.2) is 79.1 Å². The summed E-state index contributed by atoms with van der Waals surface area (Å²) in [4.78, 5) is 19.6. The molecule has 2 N–H and O–H groups in total. The molecule has 0 aliphatic rings. The van der Waals surface area contributed by atoms with E-state index in [-0.39, 0.29) is 5.91 Å². The van der Waals surface area contributed by atoms with Gasteiger partial charge in [0.15, 0.2) is 0 Å². The predicted molar refractivity (Wildman–Crippen MR) is 99.1 cm³/mol. The van der Waals surface area contributed by atoms with E-state index in [0.29, 0.717) is 12.1 Å². The average Bonchev–Trinajstić information content (AvgIpc) is 3.16. The Hall–Kier alpha value is -3.40. The summed E-state index contributed by atoms with van der Waals surface area (Å²) in [6, 6.07) is 21.5. The van der Waals surface area contributed by atoms with Crippen molar-refractivity contribution in [2.24, 2.45) is 0 Å². The summed E-state index contributed by atoms with van der Waals surface area (Å²) in [5, 5.41) is 4.05. The number of aromatic nitrogens is 2. The molecule has 0 atom stereocenters. The third kappa shape index (κ3) is 3.15. The molecule has 4 rings (SSSR count). The first-order chi connectivity index (χ1) is 12.3. The Kier molecular flexibility index (Phi) is 4.01. The lowest BCUT2D eigenvalue weighted by molar-refractivity contribution is 0.0951. The van der Waals surface area contributed by atoms with Crippen molar-refractivity contribution >= 4 is 16.9 Å². The number of H-pyrrole nitrogens is 1. The first kappa shape index (κ1) is 15.1. The summed E-state index contributed by atoms with van der Waals surface area (Å²) in [6.07, 6.45) is 3.71. The number of nitrogens with one attached hydrogen (secondary N) is 2. The van der Waals surface area contributed by atoms with Crippen molar-refractivity contribution in [3.05, 3.63) is 90.3 Å². The molecule has 0 bridgehead atoms. The zero-order chi connectivity index (χ0) is 17.1. The first-order valence-electron chi connectivity index (χ1n) is 8.16. The number of amides is 1. The number of benzene rings is 2. The molecule has 1 amide bonds. The number of aromatic amines is 1. The molecule has 2 heterocycles. The van der Waals surface area contributed by atoms with Gasteiger partial charge >= 0.3 is 0 Å². The second-order valence-electron chi connectivity index (χ2n) is 5.84. The maximum absolute atomic E-state index is 12.1. The van der Waals surface area contributed by atoms with Gasteiger partial charge in [0, 0.05) is 29.9 Å². The van der Waals surface area contributed by atoms with Crippen LogP contribution in [0.1, 0.15) is 15.9 Å². The molecule has 2 aromatic heterocycles. The van der Waals surface area contributed by atoms with E-state index >= 15 is 0 Å². The molecular formula is C21H17N3O. The van der Waals surface area contributed by atoms with Crippen molar-refractivity contribution in [2.45, 2.75) is 6.54 Å². The minimum Gasteiger partial charge on any atom is -0.348 e. The lowest BCUT2D eigenvalue weighted by Gasteiger charge is -2.07. The highest BCUT2D eigenvalue weighted by molar-refractivity contribution is 5.94. The van der Waals surface area contributed by atoms with E-state index in [1.54, 1.807) is 0 Å². The molecule has 122 valence electrons. The SMILES string of the molecule is O=C(NCc1ccc(-c2ccnc3[nH]ccc23)cc1)c1ccccc1. The van der Waals surface area contributed by atoms with Crippen LogP contribution >= 0.6 is 0 Å². The van der Waals surface area contributed by atoms with E-state index in [0.717, 1.165) is 27.7 Å². The van der Waals surface area contributed by atoms with Gasteiger partial charge in [-0.1, -0.05) is 42.5 Å². The molecule has 4 nitrogen and oxygen atoms in total. The Bertz CT molecular complexity index is 1000. The summed E-state index contributed by atoms with van der Waals surface area (Å²) >= 11 is 0. The van der Waals surface area contributed by atoms with Gasteiger partial charge in [-0.15, -0.1) is 0 Å². The van der Waals surface area contributed by atoms with Crippen molar-refractivity contribution in [3.63, 3.8) is 0 Å². The molecule has 0 fully saturated rings. The molecule has 0 spiro atoms. The fourth-order valence-corrected chi connectivity index (χ4v) is 2.89. The fourth-order valence-electron chi connectivity index (χ4n) is 2.89. The summed E-state index contributed by atoms with van der Waals surface area (Å²) in [5.74, 6) is -0.0622. The molecule has 0 aliphatic heterocycles. The normalized spacial score (nSPS) is 10.7. The smallest absolute Gasteiger partial charge is 0.251 e. The van der Waals surface area contributed by atoms with Crippen molar-refractivity contribution in [2.75, 3.05) is 0 Å². The Morgan fingerprint density at radius 1 is 0.960 bits per heavy atom. The van der Waals surface area contributed by atoms with Gasteiger partial charge in [0.05, 0.1) is 0 Å². The Labute approximate surface area is 145 Å². The van der Waals surface area contributed by atoms with Crippen LogP contribution in [0.25, 0.3) is 22.2 Å². The van der Waals surface area contributed by atoms with Crippen LogP contribution in [0, 0.1) is 0 Å². The van der Waals surface area contributed by atoms with Gasteiger partial charge in [-0.05, 0) is 41.0 Å². The lowest BCUT2D eigenvalue weighted by Crippen LogP contribution is -2.22. The van der Waals surface area contributed by atoms with Crippen LogP contribution in [-0.4, -0.2) is 15.9 Å². The quantitative estimate of drug-likeness (QED) is 0.591. The molecule has 2 aromatic carbocycles. The molecule has 0 saturated carbocycles. The Balaban J connectivity index is 1.49. The molecule has 0 unspecified atom stereocenters. The number of fused-ring (bicyclic) bond motifs is 1. The standard InChI is InChI=1S/C21H17N3O/c25-21(17-4-2-1-3-5-17)24-14-15-6-8-16(9-7-15)18-10-12-22-20-19(18)11-13-23-20/h1-13H,14H2,(H,22,23)(H,24,25). The number of rotatable bonds is 4. The van der Waals surface area contributed by atoms with Gasteiger partial charge in [-0.2, -0.15) is 0 Å². The summed E-state index contributed by atoms with van der Waals surface area (Å²) in [7, 11) is 0. The largest absolute Gasteiger partial charge is 0.348 e. The van der Waals surface area contributed by atoms with Gasteiger partial charge in [-0.3, -0.25) is 4.79 Å². The zero-order valence-corrected chi connectivity index (χ0v) is 13.6. The number of nitrogens with zero attached hydrogens (tertiary/aromatic N) is 1. The molecule has 4 heteroatoms. The van der Waals surface area contributed by atoms with E-state index < -0.39 is 0 Å². The van der Waals surface area contributed by atoms with Gasteiger partial charge < -0.3 is 10.3 Å². The van der Waals surface area contributed by atoms with Gasteiger partial charge in [0.2, 0.25) is 0 Å². The first-order valence-corrected chi connectivity index (χ1v) is 8.16. The monoisotopic (exact) mass is 327 g/mol. The number of carbonyl (C=O) groups is 1. The van der Waals surface area contributed by atoms with Crippen LogP contribution in [0.3, 0.4) is 0 Å². The second-order valence-corrected chi connectivity index (χ2v) is 5.84. The van der Waals surface area contributed by atoms with Crippen LogP contribution in [0.4, 0.5) is 0 Å². The lowest BCUT2D eigenvalue weighted by atomic mass is 10.0. The average molecular weight is 327 g/mol. The maximum atomic E-state index is 12.1. The van der Waals surface area contributed by atoms with Crippen molar-refractivity contribution in [3.8, 4) is 11.1 Å². The van der Waals surface area contributed by atoms with Crippen LogP contribution in [-0.2, 0) is 6.54 Å². The van der Waals surface area contributed by atoms with E-state index in [1.807, 2.05) is 67.0 Å². The summed E-state index contributed by atoms with van der Waals surface area (Å²) in [6.45, 7) is 0.504. The third-order valence-electron chi connectivity index (χ3n) is 4.21. The highest BCUT2D eigenvalue weighted by Crippen LogP contribution is 2.27. The molecule has 0 aliphatic carbocycles. The highest BCUT2D eigenvalue weighted by atomic mass is 16.1. The van der Waals surface area contributed by atoms with Crippen LogP contribution in [0.2, 0.25) is 0 Å². The minimum atomic E-state index is -0.0622.